The molecule has 0 saturated carbocycles. The molecule has 0 aliphatic carbocycles. The molecule has 2 aromatic carbocycles. The molecule has 0 radical (unpaired) electrons. The highest BCUT2D eigenvalue weighted by atomic mass is 13.9. The second kappa shape index (κ2) is 14.5. The Bertz CT molecular complexity index is 371. The van der Waals surface area contributed by atoms with Gasteiger partial charge in [0, 0.05) is 0 Å². The standard InChI is InChI=1S/C8H10.C7H8.2C2H6/c1-7-4-3-5-8(2)6-7;1-7-5-3-2-4-6-7;2*1-2/h3-6H,1-2H3;2-6H,1H3;2*1-2H3. The number of hydrogen-bond donors (Lipinski definition) is 0. The van der Waals surface area contributed by atoms with Crippen molar-refractivity contribution in [3.05, 3.63) is 71.3 Å². The third-order valence-electron chi connectivity index (χ3n) is 2.11. The fourth-order valence-corrected chi connectivity index (χ4v) is 1.34. The zero-order valence-electron chi connectivity index (χ0n) is 13.7. The summed E-state index contributed by atoms with van der Waals surface area (Å²) in [4.78, 5) is 0. The molecule has 0 bridgehead atoms. The highest BCUT2D eigenvalue weighted by Crippen LogP contribution is 2.00. The Morgan fingerprint density at radius 2 is 0.842 bits per heavy atom. The van der Waals surface area contributed by atoms with E-state index in [1.165, 1.54) is 16.7 Å². The van der Waals surface area contributed by atoms with Gasteiger partial charge >= 0.3 is 0 Å². The summed E-state index contributed by atoms with van der Waals surface area (Å²) in [5.74, 6) is 0. The van der Waals surface area contributed by atoms with Gasteiger partial charge in [0.2, 0.25) is 0 Å². The Morgan fingerprint density at radius 1 is 0.474 bits per heavy atom. The third kappa shape index (κ3) is 12.7. The van der Waals surface area contributed by atoms with E-state index in [9.17, 15) is 0 Å². The van der Waals surface area contributed by atoms with E-state index in [2.05, 4.69) is 57.2 Å². The quantitative estimate of drug-likeness (QED) is 0.516. The highest BCUT2D eigenvalue weighted by Gasteiger charge is 1.80. The minimum atomic E-state index is 1.32. The summed E-state index contributed by atoms with van der Waals surface area (Å²) in [6.07, 6.45) is 0. The van der Waals surface area contributed by atoms with Crippen molar-refractivity contribution in [2.45, 2.75) is 48.5 Å². The first-order chi connectivity index (χ1) is 9.18. The van der Waals surface area contributed by atoms with Crippen molar-refractivity contribution in [3.8, 4) is 0 Å². The first kappa shape index (κ1) is 19.8. The summed E-state index contributed by atoms with van der Waals surface area (Å²) in [7, 11) is 0. The van der Waals surface area contributed by atoms with Crippen LogP contribution in [0.3, 0.4) is 0 Å². The number of benzene rings is 2. The van der Waals surface area contributed by atoms with Crippen LogP contribution in [0.15, 0.2) is 54.6 Å². The number of hydrogen-bond acceptors (Lipinski definition) is 0. The van der Waals surface area contributed by atoms with Gasteiger partial charge in [-0.3, -0.25) is 0 Å². The summed E-state index contributed by atoms with van der Waals surface area (Å²) in [6.45, 7) is 14.3. The van der Waals surface area contributed by atoms with Crippen molar-refractivity contribution >= 4 is 0 Å². The van der Waals surface area contributed by atoms with Crippen LogP contribution in [0, 0.1) is 20.8 Å². The fourth-order valence-electron chi connectivity index (χ4n) is 1.34. The first-order valence-corrected chi connectivity index (χ1v) is 7.23. The predicted molar refractivity (Wildman–Crippen MR) is 89.8 cm³/mol. The summed E-state index contributed by atoms with van der Waals surface area (Å²) in [5, 5.41) is 0. The van der Waals surface area contributed by atoms with Crippen LogP contribution in [0.25, 0.3) is 0 Å². The molecule has 0 unspecified atom stereocenters. The molecule has 0 heterocycles. The molecular formula is C19H30. The van der Waals surface area contributed by atoms with Gasteiger partial charge in [-0.1, -0.05) is 99.0 Å². The minimum absolute atomic E-state index is 1.32. The first-order valence-electron chi connectivity index (χ1n) is 7.23. The molecule has 2 rings (SSSR count). The van der Waals surface area contributed by atoms with Crippen LogP contribution < -0.4 is 0 Å². The Morgan fingerprint density at radius 3 is 1.05 bits per heavy atom. The molecular weight excluding hydrogens is 228 g/mol. The van der Waals surface area contributed by atoms with Gasteiger partial charge in [-0.2, -0.15) is 0 Å². The average molecular weight is 258 g/mol. The second-order valence-corrected chi connectivity index (χ2v) is 3.81. The van der Waals surface area contributed by atoms with E-state index in [1.54, 1.807) is 0 Å². The van der Waals surface area contributed by atoms with E-state index < -0.39 is 0 Å². The van der Waals surface area contributed by atoms with Gasteiger partial charge in [0.05, 0.1) is 0 Å². The minimum Gasteiger partial charge on any atom is -0.0683 e. The molecule has 0 fully saturated rings. The van der Waals surface area contributed by atoms with E-state index in [4.69, 9.17) is 0 Å². The Kier molecular flexibility index (Phi) is 15.1. The fraction of sp³-hybridized carbons (Fsp3) is 0.368. The summed E-state index contributed by atoms with van der Waals surface area (Å²) >= 11 is 0. The van der Waals surface area contributed by atoms with E-state index in [0.717, 1.165) is 0 Å². The molecule has 2 aromatic rings. The van der Waals surface area contributed by atoms with E-state index in [-0.39, 0.29) is 0 Å². The van der Waals surface area contributed by atoms with Gasteiger partial charge in [0.15, 0.2) is 0 Å². The van der Waals surface area contributed by atoms with Crippen LogP contribution in [0.2, 0.25) is 0 Å². The van der Waals surface area contributed by atoms with E-state index in [0.29, 0.717) is 0 Å². The lowest BCUT2D eigenvalue weighted by atomic mass is 10.2. The maximum Gasteiger partial charge on any atom is -0.0398 e. The van der Waals surface area contributed by atoms with Gasteiger partial charge in [-0.15, -0.1) is 0 Å². The zero-order valence-corrected chi connectivity index (χ0v) is 13.7. The van der Waals surface area contributed by atoms with Crippen LogP contribution in [-0.4, -0.2) is 0 Å². The van der Waals surface area contributed by atoms with Crippen molar-refractivity contribution in [3.63, 3.8) is 0 Å². The summed E-state index contributed by atoms with van der Waals surface area (Å²) in [5.41, 5.74) is 4.00. The van der Waals surface area contributed by atoms with E-state index >= 15 is 0 Å². The molecule has 0 heteroatoms. The maximum atomic E-state index is 2.17. The topological polar surface area (TPSA) is 0 Å². The monoisotopic (exact) mass is 258 g/mol. The lowest BCUT2D eigenvalue weighted by molar-refractivity contribution is 1.39. The van der Waals surface area contributed by atoms with Crippen molar-refractivity contribution in [1.82, 2.24) is 0 Å². The van der Waals surface area contributed by atoms with Crippen LogP contribution in [0.4, 0.5) is 0 Å². The predicted octanol–water partition coefficient (Wildman–Crippen LogP) is 6.35. The Hall–Kier alpha value is -1.56. The highest BCUT2D eigenvalue weighted by molar-refractivity contribution is 5.20. The van der Waals surface area contributed by atoms with Crippen LogP contribution in [0.5, 0.6) is 0 Å². The largest absolute Gasteiger partial charge is 0.0683 e. The van der Waals surface area contributed by atoms with Gasteiger partial charge in [0.25, 0.3) is 0 Å². The molecule has 0 N–H and O–H groups in total. The molecule has 0 aliphatic heterocycles. The third-order valence-corrected chi connectivity index (χ3v) is 2.11. The van der Waals surface area contributed by atoms with Gasteiger partial charge < -0.3 is 0 Å². The SMILES string of the molecule is CC.CC.Cc1cccc(C)c1.Cc1ccccc1. The molecule has 0 aromatic heterocycles. The zero-order chi connectivity index (χ0) is 15.1. The summed E-state index contributed by atoms with van der Waals surface area (Å²) in [6, 6.07) is 18.7. The molecule has 0 saturated heterocycles. The Labute approximate surface area is 120 Å². The van der Waals surface area contributed by atoms with Gasteiger partial charge in [-0.05, 0) is 20.8 Å². The lowest BCUT2D eigenvalue weighted by Gasteiger charge is -1.90. The lowest BCUT2D eigenvalue weighted by Crippen LogP contribution is -1.71. The van der Waals surface area contributed by atoms with Crippen LogP contribution in [-0.2, 0) is 0 Å². The second-order valence-electron chi connectivity index (χ2n) is 3.81. The molecule has 0 aliphatic rings. The maximum absolute atomic E-state index is 2.17. The van der Waals surface area contributed by atoms with Crippen molar-refractivity contribution in [1.29, 1.82) is 0 Å². The van der Waals surface area contributed by atoms with E-state index in [1.807, 2.05) is 45.9 Å². The van der Waals surface area contributed by atoms with Gasteiger partial charge in [-0.25, -0.2) is 0 Å². The number of rotatable bonds is 0. The molecule has 0 nitrogen and oxygen atoms in total. The molecule has 19 heavy (non-hydrogen) atoms. The van der Waals surface area contributed by atoms with Crippen LogP contribution in [0.1, 0.15) is 44.4 Å². The molecule has 0 atom stereocenters. The van der Waals surface area contributed by atoms with Crippen LogP contribution >= 0.6 is 0 Å². The van der Waals surface area contributed by atoms with Crippen molar-refractivity contribution in [2.75, 3.05) is 0 Å². The molecule has 0 amide bonds. The van der Waals surface area contributed by atoms with Gasteiger partial charge in [0.1, 0.15) is 0 Å². The molecule has 0 spiro atoms. The van der Waals surface area contributed by atoms with Crippen molar-refractivity contribution < 1.29 is 0 Å². The van der Waals surface area contributed by atoms with Crippen molar-refractivity contribution in [2.24, 2.45) is 0 Å². The number of aryl methyl sites for hydroxylation is 3. The molecule has 106 valence electrons. The summed E-state index contributed by atoms with van der Waals surface area (Å²) < 4.78 is 0. The smallest absolute Gasteiger partial charge is 0.0398 e. The average Bonchev–Trinajstić information content (AvgIpc) is 2.44. The normalized spacial score (nSPS) is 7.74. The Balaban J connectivity index is 0.